The minimum Gasteiger partial charge on any atom is -0.872 e. The van der Waals surface area contributed by atoms with Gasteiger partial charge in [-0.15, -0.1) is 0 Å². The van der Waals surface area contributed by atoms with Gasteiger partial charge >= 0.3 is 34.1 Å². The van der Waals surface area contributed by atoms with Crippen LogP contribution in [0, 0.1) is 0 Å². The molecular formula is C28H36Cu2N6O2S2+2. The number of nitrogens with one attached hydrogen (secondary N) is 2. The van der Waals surface area contributed by atoms with Crippen LogP contribution in [0.25, 0.3) is 0 Å². The Kier molecular flexibility index (Phi) is 17.0. The smallest absolute Gasteiger partial charge is 0.872 e. The third-order valence-corrected chi connectivity index (χ3v) is 7.18. The number of hydrazone groups is 2. The predicted octanol–water partition coefficient (Wildman–Crippen LogP) is 3.68. The van der Waals surface area contributed by atoms with Gasteiger partial charge in [0, 0.05) is 26.2 Å². The molecule has 2 aromatic carbocycles. The first-order valence-electron chi connectivity index (χ1n) is 13.1. The zero-order chi connectivity index (χ0) is 27.3. The number of rotatable bonds is 4. The van der Waals surface area contributed by atoms with E-state index in [9.17, 15) is 10.2 Å². The number of nitrogens with zero attached hydrogens (tertiary/aromatic N) is 4. The van der Waals surface area contributed by atoms with E-state index in [0.717, 1.165) is 26.2 Å². The van der Waals surface area contributed by atoms with Crippen molar-refractivity contribution < 1.29 is 44.4 Å². The topological polar surface area (TPSA) is 101 Å². The Labute approximate surface area is 269 Å². The second-order valence-electron chi connectivity index (χ2n) is 9.32. The van der Waals surface area contributed by atoms with Crippen LogP contribution >= 0.6 is 24.4 Å². The first kappa shape index (κ1) is 35.8. The average molecular weight is 680 g/mol. The Morgan fingerprint density at radius 3 is 1.27 bits per heavy atom. The summed E-state index contributed by atoms with van der Waals surface area (Å²) in [7, 11) is 0. The van der Waals surface area contributed by atoms with Crippen LogP contribution in [0.2, 0.25) is 0 Å². The summed E-state index contributed by atoms with van der Waals surface area (Å²) in [6.45, 7) is 7.55. The maximum atomic E-state index is 11.7. The summed E-state index contributed by atoms with van der Waals surface area (Å²) < 4.78 is 0. The van der Waals surface area contributed by atoms with Crippen molar-refractivity contribution in [1.29, 1.82) is 0 Å². The van der Waals surface area contributed by atoms with Gasteiger partial charge < -0.3 is 20.0 Å². The molecule has 40 heavy (non-hydrogen) atoms. The number of hydrogen-bond acceptors (Lipinski definition) is 6. The van der Waals surface area contributed by atoms with Gasteiger partial charge in [-0.05, 0) is 87.9 Å². The number of hydrogen-bond donors (Lipinski definition) is 2. The summed E-state index contributed by atoms with van der Waals surface area (Å²) >= 11 is 10.6. The molecule has 2 heterocycles. The molecule has 0 aromatic heterocycles. The van der Waals surface area contributed by atoms with Gasteiger partial charge in [-0.1, -0.05) is 60.0 Å². The monoisotopic (exact) mass is 678 g/mol. The quantitative estimate of drug-likeness (QED) is 0.219. The number of likely N-dealkylation sites (tertiary alicyclic amines) is 2. The van der Waals surface area contributed by atoms with Gasteiger partial charge in [-0.3, -0.25) is 10.9 Å². The first-order chi connectivity index (χ1) is 18.4. The maximum absolute atomic E-state index is 11.7. The van der Waals surface area contributed by atoms with Crippen molar-refractivity contribution in [2.45, 2.75) is 52.4 Å². The molecule has 4 rings (SSSR count). The molecule has 8 nitrogen and oxygen atoms in total. The van der Waals surface area contributed by atoms with Gasteiger partial charge in [0.15, 0.2) is 10.2 Å². The maximum Gasteiger partial charge on any atom is 2.00 e. The third kappa shape index (κ3) is 11.4. The van der Waals surface area contributed by atoms with Crippen LogP contribution in [-0.4, -0.2) is 57.6 Å². The van der Waals surface area contributed by atoms with E-state index in [-0.39, 0.29) is 45.6 Å². The minimum absolute atomic E-state index is 0. The molecule has 2 N–H and O–H groups in total. The van der Waals surface area contributed by atoms with Gasteiger partial charge in [-0.25, -0.2) is 0 Å². The largest absolute Gasteiger partial charge is 2.00 e. The van der Waals surface area contributed by atoms with Gasteiger partial charge in [0.1, 0.15) is 0 Å². The van der Waals surface area contributed by atoms with Crippen molar-refractivity contribution in [2.24, 2.45) is 10.2 Å². The third-order valence-electron chi connectivity index (χ3n) is 6.48. The van der Waals surface area contributed by atoms with E-state index in [1.54, 1.807) is 24.3 Å². The molecule has 2 saturated heterocycles. The number of benzene rings is 2. The van der Waals surface area contributed by atoms with Crippen molar-refractivity contribution in [3.05, 3.63) is 59.7 Å². The molecule has 2 radical (unpaired) electrons. The number of thiocarbonyl (C=S) groups is 2. The van der Waals surface area contributed by atoms with Crippen LogP contribution in [0.1, 0.15) is 63.5 Å². The molecule has 2 fully saturated rings. The summed E-state index contributed by atoms with van der Waals surface area (Å²) in [5, 5.41) is 33.0. The molecule has 2 aliphatic heterocycles. The van der Waals surface area contributed by atoms with E-state index in [1.165, 1.54) is 50.7 Å². The molecule has 2 aromatic rings. The Morgan fingerprint density at radius 2 is 0.950 bits per heavy atom. The van der Waals surface area contributed by atoms with E-state index in [2.05, 4.69) is 30.9 Å². The zero-order valence-corrected chi connectivity index (χ0v) is 26.2. The summed E-state index contributed by atoms with van der Waals surface area (Å²) in [6.07, 6.45) is 7.24. The molecule has 0 amide bonds. The molecule has 0 aliphatic carbocycles. The fraction of sp³-hybridized carbons (Fsp3) is 0.429. The van der Waals surface area contributed by atoms with Crippen LogP contribution < -0.4 is 21.1 Å². The molecule has 0 atom stereocenters. The van der Waals surface area contributed by atoms with E-state index >= 15 is 0 Å². The van der Waals surface area contributed by atoms with Crippen molar-refractivity contribution in [3.8, 4) is 11.5 Å². The van der Waals surface area contributed by atoms with Crippen molar-refractivity contribution in [2.75, 3.05) is 26.2 Å². The molecule has 0 spiro atoms. The summed E-state index contributed by atoms with van der Waals surface area (Å²) in [6, 6.07) is 13.7. The fourth-order valence-electron chi connectivity index (χ4n) is 4.25. The average Bonchev–Trinajstić information content (AvgIpc) is 2.96. The molecular weight excluding hydrogens is 644 g/mol. The van der Waals surface area contributed by atoms with E-state index in [0.29, 0.717) is 32.8 Å². The Morgan fingerprint density at radius 1 is 0.625 bits per heavy atom. The molecule has 0 unspecified atom stereocenters. The Bertz CT molecular complexity index is 1060. The standard InChI is InChI=1S/2C14H19N3OS.2Cu/c2*1-11(12-7-3-4-8-13(12)18)15-16-14(19)17-9-5-2-6-10-17;;/h2*3-4,7-8,18H,2,5-6,9-10H2,1H3,(H,16,19);;/q;;2*+2/p-2. The Hall–Kier alpha value is -2.20. The molecule has 0 bridgehead atoms. The van der Waals surface area contributed by atoms with E-state index < -0.39 is 0 Å². The van der Waals surface area contributed by atoms with E-state index in [1.807, 2.05) is 26.0 Å². The second kappa shape index (κ2) is 19.0. The van der Waals surface area contributed by atoms with Gasteiger partial charge in [0.25, 0.3) is 0 Å². The number of piperidine rings is 2. The summed E-state index contributed by atoms with van der Waals surface area (Å²) in [5.41, 5.74) is 8.30. The zero-order valence-electron chi connectivity index (χ0n) is 22.7. The Balaban J connectivity index is 0.000000381. The van der Waals surface area contributed by atoms with E-state index in [4.69, 9.17) is 24.4 Å². The van der Waals surface area contributed by atoms with Crippen molar-refractivity contribution in [1.82, 2.24) is 20.7 Å². The van der Waals surface area contributed by atoms with Crippen molar-refractivity contribution >= 4 is 46.1 Å². The van der Waals surface area contributed by atoms with Gasteiger partial charge in [0.2, 0.25) is 0 Å². The minimum atomic E-state index is -0.0190. The molecule has 0 saturated carbocycles. The van der Waals surface area contributed by atoms with Crippen LogP contribution in [0.15, 0.2) is 58.7 Å². The van der Waals surface area contributed by atoms with Crippen LogP contribution in [0.3, 0.4) is 0 Å². The predicted molar refractivity (Wildman–Crippen MR) is 159 cm³/mol. The summed E-state index contributed by atoms with van der Waals surface area (Å²) in [5.74, 6) is -0.0381. The van der Waals surface area contributed by atoms with Crippen molar-refractivity contribution in [3.63, 3.8) is 0 Å². The fourth-order valence-corrected chi connectivity index (χ4v) is 4.71. The van der Waals surface area contributed by atoms with Crippen LogP contribution in [-0.2, 0) is 34.1 Å². The molecule has 2 aliphatic rings. The molecule has 12 heteroatoms. The molecule has 222 valence electrons. The van der Waals surface area contributed by atoms with Crippen LogP contribution in [0.5, 0.6) is 11.5 Å². The first-order valence-corrected chi connectivity index (χ1v) is 13.9. The van der Waals surface area contributed by atoms with Crippen LogP contribution in [0.4, 0.5) is 0 Å². The van der Waals surface area contributed by atoms with Gasteiger partial charge in [-0.2, -0.15) is 10.2 Å². The second-order valence-corrected chi connectivity index (χ2v) is 10.1. The number of para-hydroxylation sites is 2. The SMILES string of the molecule is CC(=NNC(=S)N1CCCCC1)c1ccccc1[O-].CC(=NNC(=S)N1CCCCC1)c1ccccc1[O-].[Cu+2].[Cu+2]. The van der Waals surface area contributed by atoms with Gasteiger partial charge in [0.05, 0.1) is 11.4 Å². The summed E-state index contributed by atoms with van der Waals surface area (Å²) in [4.78, 5) is 4.25. The normalized spacial score (nSPS) is 15.4.